The topological polar surface area (TPSA) is 105 Å². The van der Waals surface area contributed by atoms with Crippen molar-refractivity contribution in [2.45, 2.75) is 39.2 Å². The van der Waals surface area contributed by atoms with Gasteiger partial charge in [-0.3, -0.25) is 0 Å². The number of aromatic hydroxyl groups is 2. The molecule has 27 heavy (non-hydrogen) atoms. The summed E-state index contributed by atoms with van der Waals surface area (Å²) in [5.74, 6) is 0.551. The van der Waals surface area contributed by atoms with Crippen molar-refractivity contribution in [3.8, 4) is 11.5 Å². The molecule has 0 atom stereocenters. The molecule has 5 N–H and O–H groups in total. The van der Waals surface area contributed by atoms with Crippen molar-refractivity contribution in [3.63, 3.8) is 0 Å². The van der Waals surface area contributed by atoms with Crippen molar-refractivity contribution in [1.29, 1.82) is 0 Å². The van der Waals surface area contributed by atoms with E-state index in [9.17, 15) is 4.79 Å². The maximum absolute atomic E-state index is 11.3. The Labute approximate surface area is 161 Å². The lowest BCUT2D eigenvalue weighted by molar-refractivity contribution is 0.0528. The number of rotatable bonds is 5. The van der Waals surface area contributed by atoms with E-state index in [4.69, 9.17) is 20.7 Å². The number of benzene rings is 2. The summed E-state index contributed by atoms with van der Waals surface area (Å²) < 4.78 is 5.10. The van der Waals surface area contributed by atoms with Crippen LogP contribution in [0.3, 0.4) is 0 Å². The van der Waals surface area contributed by atoms with Crippen LogP contribution in [-0.2, 0) is 17.6 Å². The summed E-state index contributed by atoms with van der Waals surface area (Å²) in [6, 6.07) is 14.0. The van der Waals surface area contributed by atoms with Gasteiger partial charge in [-0.05, 0) is 75.5 Å². The summed E-state index contributed by atoms with van der Waals surface area (Å²) in [5.41, 5.74) is 7.09. The van der Waals surface area contributed by atoms with Gasteiger partial charge in [-0.2, -0.15) is 0 Å². The predicted octanol–water partition coefficient (Wildman–Crippen LogP) is 3.35. The van der Waals surface area contributed by atoms with Crippen LogP contribution in [0, 0.1) is 0 Å². The Balaban J connectivity index is 0.000000309. The zero-order valence-electron chi connectivity index (χ0n) is 16.2. The molecule has 0 aliphatic heterocycles. The van der Waals surface area contributed by atoms with Gasteiger partial charge in [0, 0.05) is 6.54 Å². The Morgan fingerprint density at radius 2 is 1.37 bits per heavy atom. The van der Waals surface area contributed by atoms with Crippen LogP contribution in [0.5, 0.6) is 11.5 Å². The summed E-state index contributed by atoms with van der Waals surface area (Å²) in [6.07, 6.45) is 1.18. The molecule has 1 amide bonds. The van der Waals surface area contributed by atoms with Gasteiger partial charge in [-0.15, -0.1) is 0 Å². The zero-order valence-corrected chi connectivity index (χ0v) is 16.2. The Bertz CT molecular complexity index is 677. The van der Waals surface area contributed by atoms with Crippen molar-refractivity contribution in [2.24, 2.45) is 5.73 Å². The van der Waals surface area contributed by atoms with Gasteiger partial charge in [0.1, 0.15) is 17.1 Å². The summed E-state index contributed by atoms with van der Waals surface area (Å²) in [7, 11) is 0. The van der Waals surface area contributed by atoms with Gasteiger partial charge in [0.25, 0.3) is 0 Å². The molecule has 2 rings (SSSR count). The van der Waals surface area contributed by atoms with Gasteiger partial charge in [-0.25, -0.2) is 4.79 Å². The van der Waals surface area contributed by atoms with Crippen LogP contribution >= 0.6 is 0 Å². The molecular weight excluding hydrogens is 344 g/mol. The van der Waals surface area contributed by atoms with Crippen LogP contribution < -0.4 is 11.1 Å². The number of hydrogen-bond donors (Lipinski definition) is 4. The fourth-order valence-electron chi connectivity index (χ4n) is 2.11. The smallest absolute Gasteiger partial charge is 0.407 e. The highest BCUT2D eigenvalue weighted by atomic mass is 16.6. The lowest BCUT2D eigenvalue weighted by Crippen LogP contribution is -2.33. The summed E-state index contributed by atoms with van der Waals surface area (Å²) in [6.45, 7) is 6.65. The van der Waals surface area contributed by atoms with Crippen LogP contribution in [0.25, 0.3) is 0 Å². The summed E-state index contributed by atoms with van der Waals surface area (Å²) in [4.78, 5) is 11.3. The second kappa shape index (κ2) is 11.1. The number of alkyl carbamates (subject to hydrolysis) is 1. The molecule has 0 aliphatic carbocycles. The standard InChI is InChI=1S/C13H19NO3.C8H11NO/c1-13(2,3)17-12(16)14-9-8-10-4-6-11(15)7-5-10;9-6-5-7-1-3-8(10)4-2-7/h4-7,15H,8-9H2,1-3H3,(H,14,16);1-4,10H,5-6,9H2. The largest absolute Gasteiger partial charge is 0.508 e. The molecular formula is C21H30N2O4. The van der Waals surface area contributed by atoms with Crippen molar-refractivity contribution >= 4 is 6.09 Å². The number of ether oxygens (including phenoxy) is 1. The molecule has 0 saturated heterocycles. The number of nitrogens with two attached hydrogens (primary N) is 1. The number of nitrogens with one attached hydrogen (secondary N) is 1. The number of amides is 1. The lowest BCUT2D eigenvalue weighted by atomic mass is 10.1. The minimum Gasteiger partial charge on any atom is -0.508 e. The molecule has 0 aromatic heterocycles. The van der Waals surface area contributed by atoms with Gasteiger partial charge in [0.2, 0.25) is 0 Å². The molecule has 0 spiro atoms. The maximum atomic E-state index is 11.3. The average Bonchev–Trinajstić information content (AvgIpc) is 2.58. The van der Waals surface area contributed by atoms with Gasteiger partial charge in [0.05, 0.1) is 0 Å². The highest BCUT2D eigenvalue weighted by Gasteiger charge is 2.15. The van der Waals surface area contributed by atoms with Crippen molar-refractivity contribution < 1.29 is 19.7 Å². The third-order valence-corrected chi connectivity index (χ3v) is 3.39. The van der Waals surface area contributed by atoms with E-state index in [0.717, 1.165) is 12.0 Å². The molecule has 6 nitrogen and oxygen atoms in total. The van der Waals surface area contributed by atoms with Crippen molar-refractivity contribution in [3.05, 3.63) is 59.7 Å². The molecule has 0 saturated carbocycles. The monoisotopic (exact) mass is 374 g/mol. The van der Waals surface area contributed by atoms with Gasteiger partial charge in [0.15, 0.2) is 0 Å². The molecule has 148 valence electrons. The van der Waals surface area contributed by atoms with E-state index >= 15 is 0 Å². The van der Waals surface area contributed by atoms with Crippen LogP contribution in [0.2, 0.25) is 0 Å². The fourth-order valence-corrected chi connectivity index (χ4v) is 2.11. The summed E-state index contributed by atoms with van der Waals surface area (Å²) >= 11 is 0. The molecule has 2 aromatic carbocycles. The highest BCUT2D eigenvalue weighted by Crippen LogP contribution is 2.10. The normalized spacial score (nSPS) is 10.5. The second-order valence-electron chi connectivity index (χ2n) is 7.05. The first-order chi connectivity index (χ1) is 12.7. The van der Waals surface area contributed by atoms with Gasteiger partial charge >= 0.3 is 6.09 Å². The predicted molar refractivity (Wildman–Crippen MR) is 107 cm³/mol. The maximum Gasteiger partial charge on any atom is 0.407 e. The third kappa shape index (κ3) is 10.8. The van der Waals surface area contributed by atoms with E-state index in [2.05, 4.69) is 5.32 Å². The first kappa shape index (κ1) is 22.3. The molecule has 0 radical (unpaired) electrons. The fraction of sp³-hybridized carbons (Fsp3) is 0.381. The third-order valence-electron chi connectivity index (χ3n) is 3.39. The van der Waals surface area contributed by atoms with Crippen LogP contribution in [-0.4, -0.2) is 35.0 Å². The van der Waals surface area contributed by atoms with E-state index < -0.39 is 11.7 Å². The Kier molecular flexibility index (Phi) is 9.16. The average molecular weight is 374 g/mol. The van der Waals surface area contributed by atoms with Crippen LogP contribution in [0.15, 0.2) is 48.5 Å². The highest BCUT2D eigenvalue weighted by molar-refractivity contribution is 5.67. The van der Waals surface area contributed by atoms with Crippen LogP contribution in [0.4, 0.5) is 4.79 Å². The molecule has 0 aliphatic rings. The second-order valence-corrected chi connectivity index (χ2v) is 7.05. The van der Waals surface area contributed by atoms with E-state index in [1.54, 1.807) is 24.3 Å². The minimum absolute atomic E-state index is 0.244. The number of carbonyl (C=O) groups is 1. The van der Waals surface area contributed by atoms with E-state index in [1.165, 1.54) is 5.56 Å². The molecule has 2 aromatic rings. The SMILES string of the molecule is CC(C)(C)OC(=O)NCCc1ccc(O)cc1.NCCc1ccc(O)cc1. The first-order valence-electron chi connectivity index (χ1n) is 8.92. The minimum atomic E-state index is -0.470. The Morgan fingerprint density at radius 1 is 0.926 bits per heavy atom. The lowest BCUT2D eigenvalue weighted by Gasteiger charge is -2.19. The van der Waals surface area contributed by atoms with Gasteiger partial charge in [-0.1, -0.05) is 24.3 Å². The Hall–Kier alpha value is -2.73. The molecule has 0 heterocycles. The molecule has 0 fully saturated rings. The Morgan fingerprint density at radius 3 is 1.78 bits per heavy atom. The summed E-state index contributed by atoms with van der Waals surface area (Å²) in [5, 5.41) is 20.7. The quantitative estimate of drug-likeness (QED) is 0.642. The zero-order chi connectivity index (χ0) is 20.3. The number of carbonyl (C=O) groups excluding carboxylic acids is 1. The van der Waals surface area contributed by atoms with Crippen molar-refractivity contribution in [2.75, 3.05) is 13.1 Å². The number of phenolic OH excluding ortho intramolecular Hbond substituents is 2. The van der Waals surface area contributed by atoms with Crippen molar-refractivity contribution in [1.82, 2.24) is 5.32 Å². The van der Waals surface area contributed by atoms with E-state index in [-0.39, 0.29) is 5.75 Å². The molecule has 0 bridgehead atoms. The van der Waals surface area contributed by atoms with E-state index in [1.807, 2.05) is 45.0 Å². The molecule has 0 unspecified atom stereocenters. The first-order valence-corrected chi connectivity index (χ1v) is 8.92. The number of phenols is 2. The molecule has 6 heteroatoms. The number of hydrogen-bond acceptors (Lipinski definition) is 5. The van der Waals surface area contributed by atoms with Crippen LogP contribution in [0.1, 0.15) is 31.9 Å². The van der Waals surface area contributed by atoms with Gasteiger partial charge < -0.3 is 26.0 Å². The van der Waals surface area contributed by atoms with E-state index in [0.29, 0.717) is 25.3 Å².